The molecule has 0 aliphatic carbocycles. The van der Waals surface area contributed by atoms with Crippen molar-refractivity contribution in [1.29, 1.82) is 0 Å². The molecule has 0 saturated carbocycles. The molecule has 2 aromatic heterocycles. The van der Waals surface area contributed by atoms with Gasteiger partial charge in [0.15, 0.2) is 0 Å². The van der Waals surface area contributed by atoms with E-state index in [2.05, 4.69) is 62.2 Å². The highest BCUT2D eigenvalue weighted by Gasteiger charge is 2.15. The Bertz CT molecular complexity index is 991. The molecule has 24 heavy (non-hydrogen) atoms. The van der Waals surface area contributed by atoms with E-state index in [-0.39, 0.29) is 0 Å². The fraction of sp³-hybridized carbons (Fsp3) is 0.143. The molecule has 0 unspecified atom stereocenters. The lowest BCUT2D eigenvalue weighted by atomic mass is 9.91. The second-order valence-corrected chi connectivity index (χ2v) is 7.21. The SMILES string of the molecule is Cc1cc(C)c(-c2ccccc2-c2nc3cnccc3s2)c(C)c1. The van der Waals surface area contributed by atoms with E-state index >= 15 is 0 Å². The summed E-state index contributed by atoms with van der Waals surface area (Å²) >= 11 is 1.72. The summed E-state index contributed by atoms with van der Waals surface area (Å²) in [5.41, 5.74) is 8.63. The predicted molar refractivity (Wildman–Crippen MR) is 102 cm³/mol. The van der Waals surface area contributed by atoms with Gasteiger partial charge in [0.2, 0.25) is 0 Å². The van der Waals surface area contributed by atoms with Crippen molar-refractivity contribution in [2.75, 3.05) is 0 Å². The van der Waals surface area contributed by atoms with E-state index in [0.717, 1.165) is 10.5 Å². The summed E-state index contributed by atoms with van der Waals surface area (Å²) in [7, 11) is 0. The summed E-state index contributed by atoms with van der Waals surface area (Å²) < 4.78 is 1.17. The zero-order valence-electron chi connectivity index (χ0n) is 14.0. The Morgan fingerprint density at radius 3 is 2.29 bits per heavy atom. The van der Waals surface area contributed by atoms with Gasteiger partial charge in [-0.1, -0.05) is 42.0 Å². The minimum atomic E-state index is 0.963. The van der Waals surface area contributed by atoms with Gasteiger partial charge in [-0.15, -0.1) is 11.3 Å². The molecule has 0 saturated heterocycles. The van der Waals surface area contributed by atoms with Gasteiger partial charge in [0.25, 0.3) is 0 Å². The van der Waals surface area contributed by atoms with Crippen LogP contribution in [-0.4, -0.2) is 9.97 Å². The van der Waals surface area contributed by atoms with Gasteiger partial charge in [-0.3, -0.25) is 4.98 Å². The number of thiazole rings is 1. The molecule has 2 aromatic carbocycles. The van der Waals surface area contributed by atoms with Gasteiger partial charge in [-0.2, -0.15) is 0 Å². The first kappa shape index (κ1) is 15.0. The molecule has 0 fully saturated rings. The van der Waals surface area contributed by atoms with E-state index in [1.807, 2.05) is 18.5 Å². The molecule has 4 rings (SSSR count). The minimum absolute atomic E-state index is 0.963. The average Bonchev–Trinajstić information content (AvgIpc) is 2.98. The van der Waals surface area contributed by atoms with Crippen molar-refractivity contribution < 1.29 is 0 Å². The standard InChI is InChI=1S/C21H18N2S/c1-13-10-14(2)20(15(3)11-13)16-6-4-5-7-17(16)21-23-18-12-22-9-8-19(18)24-21/h4-12H,1-3H3. The van der Waals surface area contributed by atoms with Gasteiger partial charge in [0, 0.05) is 11.8 Å². The van der Waals surface area contributed by atoms with E-state index in [4.69, 9.17) is 4.98 Å². The maximum absolute atomic E-state index is 4.80. The lowest BCUT2D eigenvalue weighted by Gasteiger charge is -2.14. The number of hydrogen-bond acceptors (Lipinski definition) is 3. The molecule has 0 aliphatic rings. The van der Waals surface area contributed by atoms with Gasteiger partial charge >= 0.3 is 0 Å². The highest BCUT2D eigenvalue weighted by molar-refractivity contribution is 7.21. The third-order valence-electron chi connectivity index (χ3n) is 4.29. The van der Waals surface area contributed by atoms with E-state index in [1.165, 1.54) is 38.1 Å². The summed E-state index contributed by atoms with van der Waals surface area (Å²) in [5.74, 6) is 0. The van der Waals surface area contributed by atoms with E-state index in [9.17, 15) is 0 Å². The number of hydrogen-bond donors (Lipinski definition) is 0. The summed E-state index contributed by atoms with van der Waals surface area (Å²) in [4.78, 5) is 8.98. The van der Waals surface area contributed by atoms with E-state index in [1.54, 1.807) is 11.3 Å². The van der Waals surface area contributed by atoms with Gasteiger partial charge < -0.3 is 0 Å². The summed E-state index contributed by atoms with van der Waals surface area (Å²) in [5, 5.41) is 1.05. The average molecular weight is 330 g/mol. The van der Waals surface area contributed by atoms with Crippen LogP contribution in [0.1, 0.15) is 16.7 Å². The number of aromatic nitrogens is 2. The Morgan fingerprint density at radius 1 is 0.875 bits per heavy atom. The van der Waals surface area contributed by atoms with Crippen molar-refractivity contribution in [1.82, 2.24) is 9.97 Å². The fourth-order valence-electron chi connectivity index (χ4n) is 3.39. The number of aryl methyl sites for hydroxylation is 3. The first-order valence-corrected chi connectivity index (χ1v) is 8.83. The van der Waals surface area contributed by atoms with Crippen LogP contribution in [0, 0.1) is 20.8 Å². The van der Waals surface area contributed by atoms with Crippen molar-refractivity contribution in [2.45, 2.75) is 20.8 Å². The Kier molecular flexibility index (Phi) is 3.66. The molecule has 0 spiro atoms. The van der Waals surface area contributed by atoms with Crippen LogP contribution in [0.15, 0.2) is 54.9 Å². The minimum Gasteiger partial charge on any atom is -0.262 e. The molecule has 2 heterocycles. The highest BCUT2D eigenvalue weighted by Crippen LogP contribution is 2.39. The third-order valence-corrected chi connectivity index (χ3v) is 5.36. The van der Waals surface area contributed by atoms with Crippen LogP contribution in [0.5, 0.6) is 0 Å². The molecule has 118 valence electrons. The molecule has 4 aromatic rings. The second kappa shape index (κ2) is 5.84. The first-order chi connectivity index (χ1) is 11.6. The smallest absolute Gasteiger partial charge is 0.125 e. The van der Waals surface area contributed by atoms with Crippen molar-refractivity contribution in [2.24, 2.45) is 0 Å². The van der Waals surface area contributed by atoms with Gasteiger partial charge in [-0.25, -0.2) is 4.98 Å². The molecule has 0 aliphatic heterocycles. The number of rotatable bonds is 2. The largest absolute Gasteiger partial charge is 0.262 e. The number of pyridine rings is 1. The molecule has 2 nitrogen and oxygen atoms in total. The van der Waals surface area contributed by atoms with E-state index < -0.39 is 0 Å². The van der Waals surface area contributed by atoms with Gasteiger partial charge in [0.1, 0.15) is 10.5 Å². The predicted octanol–water partition coefficient (Wildman–Crippen LogP) is 5.95. The van der Waals surface area contributed by atoms with Crippen LogP contribution in [0.3, 0.4) is 0 Å². The van der Waals surface area contributed by atoms with Crippen LogP contribution in [0.25, 0.3) is 31.9 Å². The lowest BCUT2D eigenvalue weighted by molar-refractivity contribution is 1.32. The summed E-state index contributed by atoms with van der Waals surface area (Å²) in [6.07, 6.45) is 3.66. The van der Waals surface area contributed by atoms with Gasteiger partial charge in [-0.05, 0) is 49.1 Å². The number of benzene rings is 2. The van der Waals surface area contributed by atoms with Gasteiger partial charge in [0.05, 0.1) is 10.9 Å². The highest BCUT2D eigenvalue weighted by atomic mass is 32.1. The zero-order valence-corrected chi connectivity index (χ0v) is 14.8. The van der Waals surface area contributed by atoms with Crippen molar-refractivity contribution in [3.05, 3.63) is 71.5 Å². The number of nitrogens with zero attached hydrogens (tertiary/aromatic N) is 2. The quantitative estimate of drug-likeness (QED) is 0.454. The van der Waals surface area contributed by atoms with Crippen LogP contribution < -0.4 is 0 Å². The maximum atomic E-state index is 4.80. The second-order valence-electron chi connectivity index (χ2n) is 6.18. The Hall–Kier alpha value is -2.52. The number of fused-ring (bicyclic) bond motifs is 1. The topological polar surface area (TPSA) is 25.8 Å². The van der Waals surface area contributed by atoms with Crippen molar-refractivity contribution >= 4 is 21.6 Å². The van der Waals surface area contributed by atoms with Crippen LogP contribution in [0.4, 0.5) is 0 Å². The van der Waals surface area contributed by atoms with Crippen molar-refractivity contribution in [3.63, 3.8) is 0 Å². The zero-order chi connectivity index (χ0) is 16.7. The normalized spacial score (nSPS) is 11.1. The molecule has 0 radical (unpaired) electrons. The van der Waals surface area contributed by atoms with Crippen LogP contribution in [-0.2, 0) is 0 Å². The Morgan fingerprint density at radius 2 is 1.58 bits per heavy atom. The van der Waals surface area contributed by atoms with E-state index in [0.29, 0.717) is 0 Å². The maximum Gasteiger partial charge on any atom is 0.125 e. The Labute approximate surface area is 145 Å². The van der Waals surface area contributed by atoms with Crippen LogP contribution >= 0.6 is 11.3 Å². The molecule has 3 heteroatoms. The lowest BCUT2D eigenvalue weighted by Crippen LogP contribution is -1.92. The molecule has 0 bridgehead atoms. The fourth-order valence-corrected chi connectivity index (χ4v) is 4.36. The molecular weight excluding hydrogens is 312 g/mol. The summed E-state index contributed by atoms with van der Waals surface area (Å²) in [6, 6.07) is 15.1. The molecule has 0 N–H and O–H groups in total. The molecule has 0 atom stereocenters. The monoisotopic (exact) mass is 330 g/mol. The molecule has 0 amide bonds. The first-order valence-electron chi connectivity index (χ1n) is 8.01. The van der Waals surface area contributed by atoms with Crippen molar-refractivity contribution in [3.8, 4) is 21.7 Å². The van der Waals surface area contributed by atoms with Crippen LogP contribution in [0.2, 0.25) is 0 Å². The molecular formula is C21H18N2S. The Balaban J connectivity index is 1.96. The summed E-state index contributed by atoms with van der Waals surface area (Å²) in [6.45, 7) is 6.53. The third kappa shape index (κ3) is 2.51.